The van der Waals surface area contributed by atoms with Gasteiger partial charge >= 0.3 is 5.97 Å². The van der Waals surface area contributed by atoms with Gasteiger partial charge in [0.1, 0.15) is 18.1 Å². The molecule has 0 aliphatic rings. The predicted octanol–water partition coefficient (Wildman–Crippen LogP) is 5.65. The molecule has 0 aliphatic heterocycles. The molecule has 1 amide bonds. The predicted molar refractivity (Wildman–Crippen MR) is 128 cm³/mol. The Balaban J connectivity index is 1.72. The largest absolute Gasteiger partial charge is 0.489 e. The SMILES string of the molecule is C=CCOc1ccc(Br)cc1C(=O)NN=Cc1ccccc1OC(=O)c1ccc(Cl)cc1. The number of nitrogens with one attached hydrogen (secondary N) is 1. The monoisotopic (exact) mass is 512 g/mol. The highest BCUT2D eigenvalue weighted by Crippen LogP contribution is 2.23. The number of ether oxygens (including phenoxy) is 2. The number of benzene rings is 3. The molecule has 0 spiro atoms. The Morgan fingerprint density at radius 2 is 1.81 bits per heavy atom. The minimum absolute atomic E-state index is 0.261. The molecule has 0 saturated heterocycles. The zero-order chi connectivity index (χ0) is 22.9. The number of hydrogen-bond acceptors (Lipinski definition) is 5. The molecule has 0 fully saturated rings. The molecule has 0 unspecified atom stereocenters. The summed E-state index contributed by atoms with van der Waals surface area (Å²) in [6.45, 7) is 3.86. The van der Waals surface area contributed by atoms with Gasteiger partial charge in [-0.3, -0.25) is 4.79 Å². The van der Waals surface area contributed by atoms with Crippen LogP contribution in [0.1, 0.15) is 26.3 Å². The molecule has 0 aliphatic carbocycles. The first-order valence-corrected chi connectivity index (χ1v) is 10.6. The van der Waals surface area contributed by atoms with E-state index in [0.29, 0.717) is 33.2 Å². The fourth-order valence-corrected chi connectivity index (χ4v) is 3.09. The lowest BCUT2D eigenvalue weighted by Gasteiger charge is -2.10. The first-order valence-electron chi connectivity index (χ1n) is 9.41. The topological polar surface area (TPSA) is 77.0 Å². The number of rotatable bonds is 8. The fraction of sp³-hybridized carbons (Fsp3) is 0.0417. The third-order valence-corrected chi connectivity index (χ3v) is 4.86. The number of esters is 1. The highest BCUT2D eigenvalue weighted by Gasteiger charge is 2.14. The number of nitrogens with zero attached hydrogens (tertiary/aromatic N) is 1. The maximum absolute atomic E-state index is 12.6. The minimum atomic E-state index is -0.537. The van der Waals surface area contributed by atoms with E-state index >= 15 is 0 Å². The van der Waals surface area contributed by atoms with Crippen LogP contribution >= 0.6 is 27.5 Å². The zero-order valence-electron chi connectivity index (χ0n) is 16.8. The summed E-state index contributed by atoms with van der Waals surface area (Å²) >= 11 is 9.20. The number of halogens is 2. The second kappa shape index (κ2) is 11.3. The van der Waals surface area contributed by atoms with Gasteiger partial charge in [-0.25, -0.2) is 10.2 Å². The third kappa shape index (κ3) is 6.29. The van der Waals surface area contributed by atoms with Gasteiger partial charge in [-0.1, -0.05) is 52.3 Å². The average Bonchev–Trinajstić information content (AvgIpc) is 2.79. The molecular weight excluding hydrogens is 496 g/mol. The lowest BCUT2D eigenvalue weighted by Crippen LogP contribution is -2.19. The molecular formula is C24H18BrClN2O4. The molecule has 3 rings (SSSR count). The van der Waals surface area contributed by atoms with Crippen molar-refractivity contribution in [3.63, 3.8) is 0 Å². The molecule has 0 aromatic heterocycles. The van der Waals surface area contributed by atoms with Crippen LogP contribution < -0.4 is 14.9 Å². The van der Waals surface area contributed by atoms with Crippen LogP contribution in [-0.2, 0) is 0 Å². The van der Waals surface area contributed by atoms with Crippen LogP contribution in [0.4, 0.5) is 0 Å². The van der Waals surface area contributed by atoms with E-state index in [-0.39, 0.29) is 6.61 Å². The normalized spacial score (nSPS) is 10.6. The van der Waals surface area contributed by atoms with Crippen molar-refractivity contribution in [1.82, 2.24) is 5.43 Å². The summed E-state index contributed by atoms with van der Waals surface area (Å²) in [7, 11) is 0. The molecule has 0 radical (unpaired) electrons. The third-order valence-electron chi connectivity index (χ3n) is 4.11. The molecule has 0 atom stereocenters. The summed E-state index contributed by atoms with van der Waals surface area (Å²) in [6.07, 6.45) is 2.98. The van der Waals surface area contributed by atoms with Gasteiger partial charge in [0.25, 0.3) is 5.91 Å². The van der Waals surface area contributed by atoms with E-state index in [4.69, 9.17) is 21.1 Å². The van der Waals surface area contributed by atoms with Crippen molar-refractivity contribution >= 4 is 45.6 Å². The van der Waals surface area contributed by atoms with Gasteiger partial charge in [-0.05, 0) is 54.6 Å². The summed E-state index contributed by atoms with van der Waals surface area (Å²) in [5.74, 6) is -0.303. The van der Waals surface area contributed by atoms with Gasteiger partial charge in [0, 0.05) is 15.1 Å². The van der Waals surface area contributed by atoms with Crippen LogP contribution in [0.5, 0.6) is 11.5 Å². The van der Waals surface area contributed by atoms with Gasteiger partial charge < -0.3 is 9.47 Å². The van der Waals surface area contributed by atoms with Crippen LogP contribution in [0.3, 0.4) is 0 Å². The van der Waals surface area contributed by atoms with Gasteiger partial charge in [-0.2, -0.15) is 5.10 Å². The molecule has 3 aromatic carbocycles. The number of para-hydroxylation sites is 1. The van der Waals surface area contributed by atoms with Crippen LogP contribution in [0, 0.1) is 0 Å². The number of hydrazone groups is 1. The Morgan fingerprint density at radius 1 is 1.06 bits per heavy atom. The van der Waals surface area contributed by atoms with Gasteiger partial charge in [0.15, 0.2) is 0 Å². The fourth-order valence-electron chi connectivity index (χ4n) is 2.60. The molecule has 32 heavy (non-hydrogen) atoms. The van der Waals surface area contributed by atoms with Gasteiger partial charge in [0.2, 0.25) is 0 Å². The molecule has 6 nitrogen and oxygen atoms in total. The summed E-state index contributed by atoms with van der Waals surface area (Å²) in [5.41, 5.74) is 3.63. The van der Waals surface area contributed by atoms with E-state index in [1.54, 1.807) is 72.8 Å². The van der Waals surface area contributed by atoms with E-state index < -0.39 is 11.9 Å². The summed E-state index contributed by atoms with van der Waals surface area (Å²) < 4.78 is 11.7. The Morgan fingerprint density at radius 3 is 2.56 bits per heavy atom. The number of hydrogen-bond donors (Lipinski definition) is 1. The van der Waals surface area contributed by atoms with Gasteiger partial charge in [0.05, 0.1) is 17.3 Å². The second-order valence-electron chi connectivity index (χ2n) is 6.37. The van der Waals surface area contributed by atoms with Crippen molar-refractivity contribution in [2.75, 3.05) is 6.61 Å². The molecule has 3 aromatic rings. The number of carbonyl (C=O) groups excluding carboxylic acids is 2. The smallest absolute Gasteiger partial charge is 0.343 e. The number of amides is 1. The lowest BCUT2D eigenvalue weighted by atomic mass is 10.2. The molecule has 8 heteroatoms. The molecule has 0 heterocycles. The van der Waals surface area contributed by atoms with Crippen LogP contribution in [-0.4, -0.2) is 24.7 Å². The van der Waals surface area contributed by atoms with Crippen LogP contribution in [0.25, 0.3) is 0 Å². The van der Waals surface area contributed by atoms with Crippen molar-refractivity contribution in [2.45, 2.75) is 0 Å². The quantitative estimate of drug-likeness (QED) is 0.139. The number of carbonyl (C=O) groups is 2. The van der Waals surface area contributed by atoms with Crippen LogP contribution in [0.15, 0.2) is 89.0 Å². The van der Waals surface area contributed by atoms with E-state index in [1.807, 2.05) is 0 Å². The van der Waals surface area contributed by atoms with Crippen molar-refractivity contribution in [3.8, 4) is 11.5 Å². The van der Waals surface area contributed by atoms with E-state index in [1.165, 1.54) is 6.21 Å². The Bertz CT molecular complexity index is 1160. The molecule has 0 saturated carbocycles. The molecule has 0 bridgehead atoms. The van der Waals surface area contributed by atoms with E-state index in [9.17, 15) is 9.59 Å². The van der Waals surface area contributed by atoms with E-state index in [2.05, 4.69) is 33.0 Å². The average molecular weight is 514 g/mol. The van der Waals surface area contributed by atoms with Gasteiger partial charge in [-0.15, -0.1) is 0 Å². The standard InChI is InChI=1S/C24H18BrClN2O4/c1-2-13-31-22-12-9-18(25)14-20(22)23(29)28-27-15-17-5-3-4-6-21(17)32-24(30)16-7-10-19(26)11-8-16/h2-12,14-15H,1,13H2,(H,28,29). The highest BCUT2D eigenvalue weighted by molar-refractivity contribution is 9.10. The van der Waals surface area contributed by atoms with Crippen LogP contribution in [0.2, 0.25) is 5.02 Å². The first kappa shape index (κ1) is 23.2. The van der Waals surface area contributed by atoms with Crippen molar-refractivity contribution < 1.29 is 19.1 Å². The summed E-state index contributed by atoms with van der Waals surface area (Å²) in [5, 5.41) is 4.52. The maximum atomic E-state index is 12.6. The maximum Gasteiger partial charge on any atom is 0.343 e. The van der Waals surface area contributed by atoms with E-state index in [0.717, 1.165) is 4.47 Å². The van der Waals surface area contributed by atoms with Crippen molar-refractivity contribution in [3.05, 3.63) is 106 Å². The Hall–Kier alpha value is -3.42. The zero-order valence-corrected chi connectivity index (χ0v) is 19.1. The Kier molecular flexibility index (Phi) is 8.19. The lowest BCUT2D eigenvalue weighted by molar-refractivity contribution is 0.0734. The molecule has 1 N–H and O–H groups in total. The van der Waals surface area contributed by atoms with Crippen molar-refractivity contribution in [2.24, 2.45) is 5.10 Å². The molecule has 162 valence electrons. The van der Waals surface area contributed by atoms with Crippen molar-refractivity contribution in [1.29, 1.82) is 0 Å². The Labute approximate surface area is 198 Å². The summed E-state index contributed by atoms with van der Waals surface area (Å²) in [6, 6.07) is 18.3. The second-order valence-corrected chi connectivity index (χ2v) is 7.73. The first-order chi connectivity index (χ1) is 15.5. The minimum Gasteiger partial charge on any atom is -0.489 e. The highest BCUT2D eigenvalue weighted by atomic mass is 79.9. The summed E-state index contributed by atoms with van der Waals surface area (Å²) in [4.78, 5) is 25.0.